The predicted octanol–water partition coefficient (Wildman–Crippen LogP) is 2.58. The topological polar surface area (TPSA) is 53.0 Å². The van der Waals surface area contributed by atoms with Gasteiger partial charge in [-0.25, -0.2) is 0 Å². The van der Waals surface area contributed by atoms with Crippen molar-refractivity contribution < 1.29 is 39.5 Å². The third-order valence-corrected chi connectivity index (χ3v) is 7.63. The SMILES string of the molecule is O=C([O-])CCSC1c2ccccc2C=Cc2ccc(C=Cc3ccc4c(n3)CCCC4)cc21.[Na+]. The molecule has 0 bridgehead atoms. The molecule has 0 aliphatic heterocycles. The van der Waals surface area contributed by atoms with Gasteiger partial charge in [0.2, 0.25) is 0 Å². The van der Waals surface area contributed by atoms with Crippen molar-refractivity contribution in [2.24, 2.45) is 0 Å². The molecule has 3 nitrogen and oxygen atoms in total. The van der Waals surface area contributed by atoms with Gasteiger partial charge in [0.15, 0.2) is 0 Å². The Hall–Kier alpha value is -2.11. The van der Waals surface area contributed by atoms with E-state index in [0.717, 1.165) is 24.1 Å². The Labute approximate surface area is 227 Å². The summed E-state index contributed by atoms with van der Waals surface area (Å²) in [5, 5.41) is 11.1. The van der Waals surface area contributed by atoms with E-state index in [0.29, 0.717) is 5.75 Å². The van der Waals surface area contributed by atoms with Crippen molar-refractivity contribution in [3.8, 4) is 0 Å². The molecule has 0 saturated heterocycles. The van der Waals surface area contributed by atoms with Crippen molar-refractivity contribution in [3.05, 3.63) is 99.4 Å². The fraction of sp³-hybridized carbons (Fsp3) is 0.241. The molecule has 34 heavy (non-hydrogen) atoms. The van der Waals surface area contributed by atoms with Gasteiger partial charge in [0, 0.05) is 11.7 Å². The molecular weight excluding hydrogens is 449 g/mol. The summed E-state index contributed by atoms with van der Waals surface area (Å²) in [5.41, 5.74) is 9.52. The number of aryl methyl sites for hydroxylation is 2. The number of hydrogen-bond acceptors (Lipinski definition) is 4. The molecule has 2 aromatic carbocycles. The van der Waals surface area contributed by atoms with Crippen LogP contribution >= 0.6 is 11.8 Å². The van der Waals surface area contributed by atoms with Gasteiger partial charge < -0.3 is 9.90 Å². The Bertz CT molecular complexity index is 1250. The molecule has 2 aliphatic carbocycles. The molecule has 0 N–H and O–H groups in total. The third kappa shape index (κ3) is 5.75. The Morgan fingerprint density at radius 3 is 2.62 bits per heavy atom. The first-order valence-electron chi connectivity index (χ1n) is 11.6. The second-order valence-electron chi connectivity index (χ2n) is 8.61. The van der Waals surface area contributed by atoms with E-state index in [2.05, 4.69) is 72.8 Å². The molecule has 5 rings (SSSR count). The van der Waals surface area contributed by atoms with Gasteiger partial charge in [-0.1, -0.05) is 60.7 Å². The van der Waals surface area contributed by atoms with Crippen molar-refractivity contribution in [2.45, 2.75) is 37.4 Å². The Balaban J connectivity index is 0.00000274. The zero-order valence-corrected chi connectivity index (χ0v) is 22.3. The summed E-state index contributed by atoms with van der Waals surface area (Å²) in [6, 6.07) is 19.2. The summed E-state index contributed by atoms with van der Waals surface area (Å²) in [7, 11) is 0. The van der Waals surface area contributed by atoms with Crippen molar-refractivity contribution in [2.75, 3.05) is 5.75 Å². The number of benzene rings is 2. The first-order valence-corrected chi connectivity index (χ1v) is 12.6. The Morgan fingerprint density at radius 1 is 0.971 bits per heavy atom. The van der Waals surface area contributed by atoms with Crippen LogP contribution in [0.4, 0.5) is 0 Å². The van der Waals surface area contributed by atoms with Gasteiger partial charge in [-0.05, 0) is 89.4 Å². The van der Waals surface area contributed by atoms with Gasteiger partial charge in [-0.2, -0.15) is 0 Å². The van der Waals surface area contributed by atoms with E-state index in [-0.39, 0.29) is 41.2 Å². The second-order valence-corrected chi connectivity index (χ2v) is 9.82. The fourth-order valence-corrected chi connectivity index (χ4v) is 5.94. The largest absolute Gasteiger partial charge is 1.00 e. The number of carbonyl (C=O) groups excluding carboxylic acids is 1. The normalized spacial score (nSPS) is 16.2. The van der Waals surface area contributed by atoms with E-state index in [1.165, 1.54) is 46.4 Å². The second kappa shape index (κ2) is 11.5. The van der Waals surface area contributed by atoms with Gasteiger partial charge >= 0.3 is 29.6 Å². The van der Waals surface area contributed by atoms with Crippen LogP contribution in [-0.2, 0) is 17.6 Å². The smallest absolute Gasteiger partial charge is 0.550 e. The van der Waals surface area contributed by atoms with Crippen molar-refractivity contribution in [1.82, 2.24) is 4.98 Å². The molecule has 1 unspecified atom stereocenters. The minimum atomic E-state index is -1.00. The van der Waals surface area contributed by atoms with Crippen LogP contribution in [0, 0.1) is 0 Å². The summed E-state index contributed by atoms with van der Waals surface area (Å²) in [6.07, 6.45) is 13.3. The molecule has 1 atom stereocenters. The van der Waals surface area contributed by atoms with E-state index in [1.807, 2.05) is 6.07 Å². The van der Waals surface area contributed by atoms with Crippen molar-refractivity contribution in [3.63, 3.8) is 0 Å². The number of aliphatic carboxylic acids is 1. The number of thioether (sulfide) groups is 1. The van der Waals surface area contributed by atoms with Crippen LogP contribution in [0.25, 0.3) is 24.3 Å². The van der Waals surface area contributed by atoms with Gasteiger partial charge in [0.25, 0.3) is 0 Å². The average molecular weight is 476 g/mol. The van der Waals surface area contributed by atoms with Crippen LogP contribution in [-0.4, -0.2) is 16.7 Å². The number of carboxylic acid groups (broad SMARTS) is 1. The zero-order chi connectivity index (χ0) is 22.6. The third-order valence-electron chi connectivity index (χ3n) is 6.35. The molecule has 0 saturated carbocycles. The molecule has 0 radical (unpaired) electrons. The number of hydrogen-bond donors (Lipinski definition) is 0. The number of rotatable bonds is 6. The molecule has 1 heterocycles. The summed E-state index contributed by atoms with van der Waals surface area (Å²) in [5.74, 6) is -0.489. The molecule has 166 valence electrons. The number of carboxylic acids is 1. The molecule has 2 aliphatic rings. The molecule has 0 fully saturated rings. The van der Waals surface area contributed by atoms with Crippen LogP contribution < -0.4 is 34.7 Å². The maximum Gasteiger partial charge on any atom is 1.00 e. The quantitative estimate of drug-likeness (QED) is 0.515. The standard InChI is InChI=1S/C29H27NO2S.Na/c31-28(32)17-18-33-29-25-7-3-1-5-21(25)12-13-22-11-9-20(19-26(22)29)10-15-24-16-14-23-6-2-4-8-27(23)30-24;/h1,3,5,7,9-16,19,29H,2,4,6,8,17-18H2,(H,31,32);/q;+1/p-1. The van der Waals surface area contributed by atoms with Gasteiger partial charge in [0.05, 0.1) is 10.9 Å². The van der Waals surface area contributed by atoms with Crippen molar-refractivity contribution in [1.29, 1.82) is 0 Å². The average Bonchev–Trinajstić information content (AvgIpc) is 2.99. The van der Waals surface area contributed by atoms with Crippen molar-refractivity contribution >= 4 is 42.0 Å². The monoisotopic (exact) mass is 475 g/mol. The van der Waals surface area contributed by atoms with E-state index >= 15 is 0 Å². The maximum atomic E-state index is 11.0. The molecule has 3 aromatic rings. The molecular formula is C29H26NNaO2S. The van der Waals surface area contributed by atoms with Crippen LogP contribution in [0.2, 0.25) is 0 Å². The number of pyridine rings is 1. The minimum absolute atomic E-state index is 0. The number of carbonyl (C=O) groups is 1. The van der Waals surface area contributed by atoms with Gasteiger partial charge in [0.1, 0.15) is 0 Å². The van der Waals surface area contributed by atoms with E-state index in [9.17, 15) is 9.90 Å². The van der Waals surface area contributed by atoms with Gasteiger partial charge in [-0.3, -0.25) is 4.98 Å². The Morgan fingerprint density at radius 2 is 1.76 bits per heavy atom. The van der Waals surface area contributed by atoms with Crippen LogP contribution in [0.1, 0.15) is 69.3 Å². The first-order chi connectivity index (χ1) is 16.2. The summed E-state index contributed by atoms with van der Waals surface area (Å²) >= 11 is 1.67. The Kier molecular flexibility index (Phi) is 8.49. The summed E-state index contributed by atoms with van der Waals surface area (Å²) in [4.78, 5) is 15.9. The number of aromatic nitrogens is 1. The molecule has 0 amide bonds. The number of nitrogens with zero attached hydrogens (tertiary/aromatic N) is 1. The van der Waals surface area contributed by atoms with Crippen LogP contribution in [0.5, 0.6) is 0 Å². The predicted molar refractivity (Wildman–Crippen MR) is 136 cm³/mol. The van der Waals surface area contributed by atoms with Crippen LogP contribution in [0.3, 0.4) is 0 Å². The molecule has 5 heteroatoms. The molecule has 0 spiro atoms. The van der Waals surface area contributed by atoms with E-state index < -0.39 is 5.97 Å². The maximum absolute atomic E-state index is 11.0. The minimum Gasteiger partial charge on any atom is -0.550 e. The van der Waals surface area contributed by atoms with Gasteiger partial charge in [-0.15, -0.1) is 11.8 Å². The summed E-state index contributed by atoms with van der Waals surface area (Å²) < 4.78 is 0. The van der Waals surface area contributed by atoms with Crippen LogP contribution in [0.15, 0.2) is 54.6 Å². The van der Waals surface area contributed by atoms with E-state index in [1.54, 1.807) is 11.8 Å². The number of fused-ring (bicyclic) bond motifs is 3. The van der Waals surface area contributed by atoms with E-state index in [4.69, 9.17) is 4.98 Å². The zero-order valence-electron chi connectivity index (χ0n) is 19.5. The summed E-state index contributed by atoms with van der Waals surface area (Å²) in [6.45, 7) is 0. The first kappa shape index (κ1) is 25.0. The fourth-order valence-electron chi connectivity index (χ4n) is 4.64. The molecule has 1 aromatic heterocycles.